The maximum atomic E-state index is 8.95. The molecule has 4 nitrogen and oxygen atoms in total. The van der Waals surface area contributed by atoms with Crippen LogP contribution >= 0.6 is 10.7 Å². The maximum Gasteiger partial charge on any atom is 0.353 e. The molecule has 10 heavy (non-hydrogen) atoms. The molecule has 64 valence electrons. The summed E-state index contributed by atoms with van der Waals surface area (Å²) < 4.78 is 29.9. The van der Waals surface area contributed by atoms with E-state index in [1.165, 1.54) is 0 Å². The van der Waals surface area contributed by atoms with Gasteiger partial charge >= 0.3 is 9.33 Å². The smallest absolute Gasteiger partial charge is 0.353 e. The number of rotatable bonds is 2. The highest BCUT2D eigenvalue weighted by atomic mass is 35.7. The molecule has 0 heterocycles. The zero-order valence-electron chi connectivity index (χ0n) is 5.87. The van der Waals surface area contributed by atoms with Crippen molar-refractivity contribution in [1.29, 1.82) is 0 Å². The van der Waals surface area contributed by atoms with Gasteiger partial charge < -0.3 is 4.74 Å². The summed E-state index contributed by atoms with van der Waals surface area (Å²) in [7, 11) is 1.58. The highest BCUT2D eigenvalue weighted by Crippen LogP contribution is 1.82. The first kappa shape index (κ1) is 12.8. The first-order valence-electron chi connectivity index (χ1n) is 2.57. The molecule has 1 N–H and O–H groups in total. The fourth-order valence-electron chi connectivity index (χ4n) is 0.204. The summed E-state index contributed by atoms with van der Waals surface area (Å²) in [6.07, 6.45) is 1.12. The molecule has 0 aromatic rings. The van der Waals surface area contributed by atoms with Crippen molar-refractivity contribution in [2.24, 2.45) is 0 Å². The van der Waals surface area contributed by atoms with Crippen LogP contribution in [-0.4, -0.2) is 26.7 Å². The Morgan fingerprint density at radius 3 is 1.90 bits per heavy atom. The number of hydrogen-bond acceptors (Lipinski definition) is 3. The number of ether oxygens (including phenoxy) is 1. The van der Waals surface area contributed by atoms with E-state index in [9.17, 15) is 0 Å². The van der Waals surface area contributed by atoms with Crippen LogP contribution in [0.4, 0.5) is 0 Å². The van der Waals surface area contributed by atoms with Crippen molar-refractivity contribution in [3.63, 3.8) is 0 Å². The van der Waals surface area contributed by atoms with E-state index in [1.54, 1.807) is 7.11 Å². The second-order valence-electron chi connectivity index (χ2n) is 1.40. The third-order valence-electron chi connectivity index (χ3n) is 0.408. The average molecular weight is 191 g/mol. The summed E-state index contributed by atoms with van der Waals surface area (Å²) in [6, 6.07) is 0. The van der Waals surface area contributed by atoms with Gasteiger partial charge in [0.15, 0.2) is 0 Å². The van der Waals surface area contributed by atoms with Gasteiger partial charge in [0.05, 0.1) is 0 Å². The summed E-state index contributed by atoms with van der Waals surface area (Å²) >= 11 is 0. The standard InChI is InChI=1S/C4H10O.ClHO3S/c1-3-4-5-2;1-5(2,3)4/h3-4H2,1-2H3;(H,2,3,4). The van der Waals surface area contributed by atoms with Crippen LogP contribution in [0.25, 0.3) is 0 Å². The molecule has 0 aromatic carbocycles. The molecule has 0 unspecified atom stereocenters. The Hall–Kier alpha value is 0.160. The van der Waals surface area contributed by atoms with Crippen molar-refractivity contribution >= 4 is 20.0 Å². The SMILES string of the molecule is CCCOC.O=S(=O)(O)Cl. The lowest BCUT2D eigenvalue weighted by molar-refractivity contribution is 0.199. The Balaban J connectivity index is 0. The van der Waals surface area contributed by atoms with Crippen molar-refractivity contribution < 1.29 is 17.7 Å². The fourth-order valence-corrected chi connectivity index (χ4v) is 0.204. The predicted octanol–water partition coefficient (Wildman–Crippen LogP) is 1.07. The van der Waals surface area contributed by atoms with E-state index in [0.29, 0.717) is 0 Å². The molecule has 0 saturated carbocycles. The third-order valence-corrected chi connectivity index (χ3v) is 0.408. The van der Waals surface area contributed by atoms with E-state index in [-0.39, 0.29) is 0 Å². The minimum atomic E-state index is -4.19. The molecule has 0 bridgehead atoms. The maximum absolute atomic E-state index is 8.95. The molecule has 0 aromatic heterocycles. The van der Waals surface area contributed by atoms with Gasteiger partial charge in [0, 0.05) is 24.4 Å². The highest BCUT2D eigenvalue weighted by molar-refractivity contribution is 8.09. The van der Waals surface area contributed by atoms with Gasteiger partial charge in [-0.2, -0.15) is 8.42 Å². The summed E-state index contributed by atoms with van der Waals surface area (Å²) in [5.41, 5.74) is 0. The minimum Gasteiger partial charge on any atom is -0.385 e. The first-order valence-corrected chi connectivity index (χ1v) is 4.84. The molecule has 0 radical (unpaired) electrons. The fraction of sp³-hybridized carbons (Fsp3) is 1.00. The Morgan fingerprint density at radius 1 is 1.60 bits per heavy atom. The topological polar surface area (TPSA) is 63.6 Å². The number of methoxy groups -OCH3 is 1. The van der Waals surface area contributed by atoms with Gasteiger partial charge in [-0.05, 0) is 6.42 Å². The Morgan fingerprint density at radius 2 is 1.90 bits per heavy atom. The molecular weight excluding hydrogens is 180 g/mol. The van der Waals surface area contributed by atoms with Gasteiger partial charge in [-0.3, -0.25) is 4.55 Å². The number of hydrogen-bond donors (Lipinski definition) is 1. The second-order valence-corrected chi connectivity index (χ2v) is 3.40. The first-order chi connectivity index (χ1) is 4.41. The lowest BCUT2D eigenvalue weighted by Crippen LogP contribution is -1.80. The summed E-state index contributed by atoms with van der Waals surface area (Å²) in [6.45, 7) is 2.98. The van der Waals surface area contributed by atoms with E-state index >= 15 is 0 Å². The van der Waals surface area contributed by atoms with Gasteiger partial charge in [0.2, 0.25) is 0 Å². The number of halogens is 1. The van der Waals surface area contributed by atoms with Gasteiger partial charge in [-0.1, -0.05) is 6.92 Å². The molecule has 0 saturated heterocycles. The van der Waals surface area contributed by atoms with Crippen LogP contribution in [0.1, 0.15) is 13.3 Å². The van der Waals surface area contributed by atoms with E-state index < -0.39 is 9.33 Å². The van der Waals surface area contributed by atoms with Crippen LogP contribution in [-0.2, 0) is 14.1 Å². The summed E-state index contributed by atoms with van der Waals surface area (Å²) in [5.74, 6) is 0. The van der Waals surface area contributed by atoms with Crippen LogP contribution in [0.5, 0.6) is 0 Å². The van der Waals surface area contributed by atoms with Crippen LogP contribution in [0.3, 0.4) is 0 Å². The molecule has 0 amide bonds. The molecule has 0 rings (SSSR count). The molecule has 0 aliphatic rings. The van der Waals surface area contributed by atoms with Gasteiger partial charge in [0.25, 0.3) is 0 Å². The molecule has 0 spiro atoms. The molecular formula is C4H11ClO4S. The van der Waals surface area contributed by atoms with Crippen molar-refractivity contribution in [3.05, 3.63) is 0 Å². The normalized spacial score (nSPS) is 10.0. The zero-order valence-corrected chi connectivity index (χ0v) is 7.44. The van der Waals surface area contributed by atoms with Crippen molar-refractivity contribution in [2.45, 2.75) is 13.3 Å². The van der Waals surface area contributed by atoms with Gasteiger partial charge in [-0.15, -0.1) is 0 Å². The lowest BCUT2D eigenvalue weighted by Gasteiger charge is -1.84. The Bertz CT molecular complexity index is 131. The van der Waals surface area contributed by atoms with Crippen molar-refractivity contribution in [3.8, 4) is 0 Å². The van der Waals surface area contributed by atoms with Crippen molar-refractivity contribution in [1.82, 2.24) is 0 Å². The van der Waals surface area contributed by atoms with Crippen LogP contribution in [0, 0.1) is 0 Å². The van der Waals surface area contributed by atoms with Crippen LogP contribution in [0.2, 0.25) is 0 Å². The molecule has 0 aliphatic heterocycles. The molecule has 0 fully saturated rings. The van der Waals surface area contributed by atoms with E-state index in [4.69, 9.17) is 17.7 Å². The monoisotopic (exact) mass is 190 g/mol. The Labute approximate surface area is 65.4 Å². The van der Waals surface area contributed by atoms with E-state index in [0.717, 1.165) is 13.0 Å². The summed E-state index contributed by atoms with van der Waals surface area (Å²) in [5, 5.41) is 0. The van der Waals surface area contributed by atoms with Crippen molar-refractivity contribution in [2.75, 3.05) is 13.7 Å². The minimum absolute atomic E-state index is 0.889. The lowest BCUT2D eigenvalue weighted by atomic mass is 10.5. The second kappa shape index (κ2) is 7.27. The van der Waals surface area contributed by atoms with E-state index in [1.807, 2.05) is 0 Å². The van der Waals surface area contributed by atoms with Gasteiger partial charge in [0.1, 0.15) is 0 Å². The quantitative estimate of drug-likeness (QED) is 0.523. The summed E-state index contributed by atoms with van der Waals surface area (Å²) in [4.78, 5) is 0. The largest absolute Gasteiger partial charge is 0.385 e. The van der Waals surface area contributed by atoms with E-state index in [2.05, 4.69) is 17.6 Å². The molecule has 0 atom stereocenters. The molecule has 6 heteroatoms. The zero-order chi connectivity index (χ0) is 8.62. The predicted molar refractivity (Wildman–Crippen MR) is 39.6 cm³/mol. The molecule has 0 aliphatic carbocycles. The van der Waals surface area contributed by atoms with Gasteiger partial charge in [-0.25, -0.2) is 0 Å². The van der Waals surface area contributed by atoms with Crippen LogP contribution < -0.4 is 0 Å². The highest BCUT2D eigenvalue weighted by Gasteiger charge is 1.86. The third kappa shape index (κ3) is 89.7. The van der Waals surface area contributed by atoms with Crippen LogP contribution in [0.15, 0.2) is 0 Å². The average Bonchev–Trinajstić information content (AvgIpc) is 1.63. The Kier molecular flexibility index (Phi) is 9.31.